The van der Waals surface area contributed by atoms with Gasteiger partial charge in [-0.3, -0.25) is 14.0 Å². The second-order valence-electron chi connectivity index (χ2n) is 28.3. The summed E-state index contributed by atoms with van der Waals surface area (Å²) in [5.41, 5.74) is 11.0. The maximum absolute atomic E-state index is 12.8. The number of alkyl halides is 3. The van der Waals surface area contributed by atoms with Gasteiger partial charge in [-0.15, -0.1) is 15.3 Å². The summed E-state index contributed by atoms with van der Waals surface area (Å²) in [5, 5.41) is 86.2. The number of hydrogen-bond acceptors (Lipinski definition) is 20. The largest absolute Gasteiger partial charge is 0.394 e. The number of halogens is 3. The molecule has 3 atom stereocenters. The Balaban J connectivity index is 0.000000140. The summed E-state index contributed by atoms with van der Waals surface area (Å²) >= 11 is 0. The lowest BCUT2D eigenvalue weighted by Crippen LogP contribution is -2.30. The molecule has 0 spiro atoms. The molecule has 5 fully saturated rings. The highest BCUT2D eigenvalue weighted by Crippen LogP contribution is 2.47. The third-order valence-corrected chi connectivity index (χ3v) is 19.8. The molecule has 0 bridgehead atoms. The number of nitrogens with zero attached hydrogens (tertiary/aromatic N) is 16. The van der Waals surface area contributed by atoms with Gasteiger partial charge in [-0.25, -0.2) is 28.5 Å². The second kappa shape index (κ2) is 29.8. The summed E-state index contributed by atoms with van der Waals surface area (Å²) < 4.78 is 65.3. The van der Waals surface area contributed by atoms with Crippen LogP contribution in [0.1, 0.15) is 172 Å². The molecule has 9 aromatic heterocycles. The van der Waals surface area contributed by atoms with Crippen LogP contribution in [0, 0.1) is 16.7 Å². The number of methoxy groups -OCH3 is 2. The minimum atomic E-state index is -4.27. The van der Waals surface area contributed by atoms with E-state index in [1.165, 1.54) is 6.92 Å². The first-order valence-corrected chi connectivity index (χ1v) is 34.4. The number of aliphatic hydroxyl groups is 4. The van der Waals surface area contributed by atoms with E-state index in [1.54, 1.807) is 35.8 Å². The molecule has 7 N–H and O–H groups in total. The zero-order valence-electron chi connectivity index (χ0n) is 56.9. The Morgan fingerprint density at radius 1 is 0.592 bits per heavy atom. The molecule has 4 saturated carbocycles. The monoisotopic (exact) mass is 1360 g/mol. The molecular formula is C69H92F3N19O7. The molecular weight excluding hydrogens is 1260 g/mol. The lowest BCUT2D eigenvalue weighted by atomic mass is 9.85. The van der Waals surface area contributed by atoms with Crippen LogP contribution < -0.4 is 16.0 Å². The molecule has 98 heavy (non-hydrogen) atoms. The van der Waals surface area contributed by atoms with E-state index < -0.39 is 24.2 Å². The van der Waals surface area contributed by atoms with Crippen molar-refractivity contribution in [2.24, 2.45) is 5.41 Å². The average Bonchev–Trinajstić information content (AvgIpc) is 1.62. The van der Waals surface area contributed by atoms with Gasteiger partial charge in [0.2, 0.25) is 17.8 Å². The minimum absolute atomic E-state index is 0.00191. The van der Waals surface area contributed by atoms with Crippen LogP contribution >= 0.6 is 0 Å². The molecule has 0 aromatic carbocycles. The summed E-state index contributed by atoms with van der Waals surface area (Å²) in [5.74, 6) is 2.12. The Morgan fingerprint density at radius 3 is 1.39 bits per heavy atom. The van der Waals surface area contributed by atoms with Gasteiger partial charge in [0.1, 0.15) is 0 Å². The number of nitrogens with one attached hydrogen (secondary N) is 3. The van der Waals surface area contributed by atoms with E-state index in [0.717, 1.165) is 144 Å². The first kappa shape index (κ1) is 69.8. The van der Waals surface area contributed by atoms with Gasteiger partial charge in [0, 0.05) is 119 Å². The molecule has 5 aliphatic rings. The van der Waals surface area contributed by atoms with Crippen molar-refractivity contribution in [2.45, 2.75) is 209 Å². The number of nitriles is 1. The molecule has 1 aliphatic heterocycles. The summed E-state index contributed by atoms with van der Waals surface area (Å²) in [4.78, 5) is 13.4. The highest BCUT2D eigenvalue weighted by atomic mass is 19.4. The molecule has 1 saturated heterocycles. The number of hydrogen-bond donors (Lipinski definition) is 7. The van der Waals surface area contributed by atoms with Crippen LogP contribution in [0.2, 0.25) is 0 Å². The molecule has 0 unspecified atom stereocenters. The molecule has 14 rings (SSSR count). The van der Waals surface area contributed by atoms with Crippen molar-refractivity contribution in [3.05, 3.63) is 91.1 Å². The molecule has 10 heterocycles. The predicted octanol–water partition coefficient (Wildman–Crippen LogP) is 10.1. The van der Waals surface area contributed by atoms with Gasteiger partial charge >= 0.3 is 6.18 Å². The Labute approximate surface area is 566 Å². The zero-order valence-corrected chi connectivity index (χ0v) is 56.9. The normalized spacial score (nSPS) is 22.1. The maximum atomic E-state index is 12.8. The lowest BCUT2D eigenvalue weighted by molar-refractivity contribution is -0.136. The number of ether oxygens (including phenoxy) is 3. The molecule has 0 radical (unpaired) electrons. The number of aromatic nitrogens is 15. The standard InChI is InChI=1S/C24H31N7O2.C23H34N6O3.C22H27F3N6O2/c1-16(13-33-2)28-23-26-11-22-20(18-10-27-30(12-18)15-24(14-25)7-8-24)9-21(31(22)29-23)17-3-5-19(32)6-4-17;1-15(13-32-4)26-22-24-11-21-19(17-10-25-28(12-17)23(2,3)14-30)9-20(29(21)27-22)16-5-7-18(31)8-6-16;1-13(7-22(23,24)25)28-21-26-9-20-18(15-8-27-30(10-15)16-11-33-12-16)6-19(31(20)29-21)14-2-4-17(32)5-3-14/h9-12,16-17,19,32H,3-8,13,15H2,1-2H3,(H,28,29);9-12,15-16,18,30-31H,5-8,13-14H2,1-4H3,(H,26,27);6,8-10,13-14,16-17,32H,2-5,7,11-12H2,1H3,(H,28,29)/t16-,17?,19?;15-,16?,18?;13-,14?,17?/m000/s1. The SMILES string of the molecule is COC[C@H](C)Nc1ncc2c(-c3cnn(C(C)(C)CO)c3)cc(C3CCC(O)CC3)n2n1.COC[C@H](C)Nc1ncc2c(-c3cnn(CC4(C#N)CC4)c3)cc(C3CCC(O)CC3)n2n1.C[C@@H](CC(F)(F)F)Nc1ncc2c(-c3cnn(C4COC4)c3)cc(C3CCC(O)CC3)n2n1. The number of aliphatic hydroxyl groups excluding tert-OH is 4. The smallest absolute Gasteiger partial charge is 0.391 e. The van der Waals surface area contributed by atoms with E-state index in [1.807, 2.05) is 89.5 Å². The first-order chi connectivity index (χ1) is 47.1. The molecule has 4 aliphatic carbocycles. The summed E-state index contributed by atoms with van der Waals surface area (Å²) in [6.45, 7) is 12.4. The number of fused-ring (bicyclic) bond motifs is 3. The van der Waals surface area contributed by atoms with Gasteiger partial charge in [-0.1, -0.05) is 0 Å². The maximum Gasteiger partial charge on any atom is 0.391 e. The topological polar surface area (TPSA) is 313 Å². The Hall–Kier alpha value is -8.11. The van der Waals surface area contributed by atoms with E-state index in [-0.39, 0.29) is 60.3 Å². The third-order valence-electron chi connectivity index (χ3n) is 19.8. The molecule has 526 valence electrons. The fourth-order valence-electron chi connectivity index (χ4n) is 13.8. The predicted molar refractivity (Wildman–Crippen MR) is 361 cm³/mol. The van der Waals surface area contributed by atoms with Gasteiger partial charge in [0.25, 0.3) is 0 Å². The van der Waals surface area contributed by atoms with Crippen LogP contribution in [0.3, 0.4) is 0 Å². The quantitative estimate of drug-likeness (QED) is 0.0332. The van der Waals surface area contributed by atoms with Crippen molar-refractivity contribution < 1.29 is 47.8 Å². The second-order valence-corrected chi connectivity index (χ2v) is 28.3. The third kappa shape index (κ3) is 16.1. The van der Waals surface area contributed by atoms with Crippen LogP contribution in [0.4, 0.5) is 31.0 Å². The van der Waals surface area contributed by atoms with Crippen molar-refractivity contribution in [1.29, 1.82) is 5.26 Å². The van der Waals surface area contributed by atoms with E-state index >= 15 is 0 Å². The number of anilines is 3. The van der Waals surface area contributed by atoms with E-state index in [4.69, 9.17) is 24.4 Å². The van der Waals surface area contributed by atoms with Crippen LogP contribution in [0.25, 0.3) is 49.9 Å². The number of rotatable bonds is 22. The Bertz CT molecular complexity index is 4170. The van der Waals surface area contributed by atoms with Gasteiger partial charge < -0.3 is 50.6 Å². The molecule has 29 heteroatoms. The molecule has 26 nitrogen and oxygen atoms in total. The lowest BCUT2D eigenvalue weighted by Gasteiger charge is -2.25. The van der Waals surface area contributed by atoms with Crippen molar-refractivity contribution in [3.8, 4) is 39.4 Å². The van der Waals surface area contributed by atoms with Gasteiger partial charge in [0.15, 0.2) is 0 Å². The molecule has 9 aromatic rings. The molecule has 0 amide bonds. The van der Waals surface area contributed by atoms with Crippen LogP contribution in [-0.4, -0.2) is 183 Å². The van der Waals surface area contributed by atoms with Gasteiger partial charge in [-0.2, -0.15) is 33.7 Å². The highest BCUT2D eigenvalue weighted by molar-refractivity contribution is 5.83. The summed E-state index contributed by atoms with van der Waals surface area (Å²) in [6, 6.07) is 8.45. The van der Waals surface area contributed by atoms with E-state index in [2.05, 4.69) is 75.6 Å². The van der Waals surface area contributed by atoms with Crippen LogP contribution in [0.5, 0.6) is 0 Å². The van der Waals surface area contributed by atoms with Crippen LogP contribution in [0.15, 0.2) is 74.0 Å². The summed E-state index contributed by atoms with van der Waals surface area (Å²) in [6.07, 6.45) is 22.8. The van der Waals surface area contributed by atoms with E-state index in [9.17, 15) is 38.9 Å². The Morgan fingerprint density at radius 2 is 1.00 bits per heavy atom. The zero-order chi connectivity index (χ0) is 69.0. The highest BCUT2D eigenvalue weighted by Gasteiger charge is 2.44. The van der Waals surface area contributed by atoms with Crippen molar-refractivity contribution in [3.63, 3.8) is 0 Å². The fourth-order valence-corrected chi connectivity index (χ4v) is 13.8. The van der Waals surface area contributed by atoms with E-state index in [0.29, 0.717) is 69.5 Å². The summed E-state index contributed by atoms with van der Waals surface area (Å²) in [7, 11) is 3.35. The first-order valence-electron chi connectivity index (χ1n) is 34.4. The van der Waals surface area contributed by atoms with Crippen LogP contribution in [-0.2, 0) is 26.3 Å². The van der Waals surface area contributed by atoms with Crippen molar-refractivity contribution >= 4 is 34.4 Å². The average molecular weight is 1360 g/mol. The Kier molecular flexibility index (Phi) is 21.2. The van der Waals surface area contributed by atoms with Gasteiger partial charge in [-0.05, 0) is 143 Å². The minimum Gasteiger partial charge on any atom is -0.394 e. The van der Waals surface area contributed by atoms with Crippen molar-refractivity contribution in [2.75, 3.05) is 63.2 Å². The fraction of sp³-hybridized carbons (Fsp3) is 0.594. The van der Waals surface area contributed by atoms with Gasteiger partial charge in [0.05, 0.1) is 141 Å². The van der Waals surface area contributed by atoms with Crippen molar-refractivity contribution in [1.82, 2.24) is 73.1 Å².